The van der Waals surface area contributed by atoms with Crippen LogP contribution in [0.25, 0.3) is 0 Å². The number of rotatable bonds is 4. The lowest BCUT2D eigenvalue weighted by atomic mass is 9.99. The van der Waals surface area contributed by atoms with Crippen molar-refractivity contribution >= 4 is 34.8 Å². The van der Waals surface area contributed by atoms with Crippen LogP contribution < -0.4 is 5.32 Å². The second-order valence-corrected chi connectivity index (χ2v) is 5.70. The van der Waals surface area contributed by atoms with E-state index in [0.29, 0.717) is 21.5 Å². The molecule has 0 aliphatic heterocycles. The minimum absolute atomic E-state index is 0.0539. The average molecular weight is 333 g/mol. The molecule has 1 N–H and O–H groups in total. The second kappa shape index (κ2) is 6.77. The van der Waals surface area contributed by atoms with E-state index in [2.05, 4.69) is 5.32 Å². The summed E-state index contributed by atoms with van der Waals surface area (Å²) in [5, 5.41) is 4.77. The number of halogens is 4. The van der Waals surface area contributed by atoms with Gasteiger partial charge >= 0.3 is 0 Å². The number of benzene rings is 2. The van der Waals surface area contributed by atoms with E-state index in [4.69, 9.17) is 34.8 Å². The van der Waals surface area contributed by atoms with Gasteiger partial charge in [-0.15, -0.1) is 0 Å². The normalized spacial score (nSPS) is 12.4. The van der Waals surface area contributed by atoms with Crippen LogP contribution in [0.5, 0.6) is 0 Å². The lowest BCUT2D eigenvalue weighted by Gasteiger charge is -2.19. The Labute approximate surface area is 132 Å². The van der Waals surface area contributed by atoms with Gasteiger partial charge in [-0.25, -0.2) is 4.39 Å². The summed E-state index contributed by atoms with van der Waals surface area (Å²) < 4.78 is 13.1. The molecule has 0 heterocycles. The van der Waals surface area contributed by atoms with Gasteiger partial charge in [-0.3, -0.25) is 0 Å². The largest absolute Gasteiger partial charge is 0.313 e. The van der Waals surface area contributed by atoms with Crippen molar-refractivity contribution in [1.29, 1.82) is 0 Å². The third kappa shape index (κ3) is 3.64. The lowest BCUT2D eigenvalue weighted by molar-refractivity contribution is 0.586. The van der Waals surface area contributed by atoms with Crippen LogP contribution in [0.2, 0.25) is 15.1 Å². The molecular weight excluding hydrogens is 320 g/mol. The van der Waals surface area contributed by atoms with Crippen molar-refractivity contribution in [3.63, 3.8) is 0 Å². The average Bonchev–Trinajstić information content (AvgIpc) is 2.39. The van der Waals surface area contributed by atoms with Crippen molar-refractivity contribution in [1.82, 2.24) is 5.32 Å². The highest BCUT2D eigenvalue weighted by atomic mass is 35.5. The lowest BCUT2D eigenvalue weighted by Crippen LogP contribution is -2.19. The highest BCUT2D eigenvalue weighted by Gasteiger charge is 2.15. The van der Waals surface area contributed by atoms with Gasteiger partial charge in [0.1, 0.15) is 5.82 Å². The van der Waals surface area contributed by atoms with Crippen molar-refractivity contribution in [2.24, 2.45) is 0 Å². The standard InChI is InChI=1S/C15H13Cl3FN/c1-20-15(12-5-4-11(19)8-14(12)18)6-9-2-3-10(16)7-13(9)17/h2-5,7-8,15,20H,6H2,1H3. The van der Waals surface area contributed by atoms with Crippen LogP contribution >= 0.6 is 34.8 Å². The van der Waals surface area contributed by atoms with Gasteiger partial charge < -0.3 is 5.32 Å². The molecule has 0 saturated carbocycles. The van der Waals surface area contributed by atoms with Crippen molar-refractivity contribution < 1.29 is 4.39 Å². The van der Waals surface area contributed by atoms with Crippen molar-refractivity contribution in [2.75, 3.05) is 7.05 Å². The summed E-state index contributed by atoms with van der Waals surface area (Å²) >= 11 is 18.2. The summed E-state index contributed by atoms with van der Waals surface area (Å²) in [5.41, 5.74) is 1.79. The first kappa shape index (κ1) is 15.6. The molecule has 20 heavy (non-hydrogen) atoms. The van der Waals surface area contributed by atoms with Crippen LogP contribution in [0.4, 0.5) is 4.39 Å². The monoisotopic (exact) mass is 331 g/mol. The molecule has 0 spiro atoms. The van der Waals surface area contributed by atoms with E-state index in [0.717, 1.165) is 11.1 Å². The molecule has 0 radical (unpaired) electrons. The second-order valence-electron chi connectivity index (χ2n) is 4.45. The third-order valence-corrected chi connectivity index (χ3v) is 4.04. The highest BCUT2D eigenvalue weighted by Crippen LogP contribution is 2.29. The van der Waals surface area contributed by atoms with Crippen LogP contribution in [-0.2, 0) is 6.42 Å². The quantitative estimate of drug-likeness (QED) is 0.802. The van der Waals surface area contributed by atoms with Gasteiger partial charge in [0.05, 0.1) is 0 Å². The summed E-state index contributed by atoms with van der Waals surface area (Å²) in [5.74, 6) is -0.349. The highest BCUT2D eigenvalue weighted by molar-refractivity contribution is 6.35. The molecule has 1 nitrogen and oxygen atoms in total. The fourth-order valence-electron chi connectivity index (χ4n) is 2.06. The predicted molar refractivity (Wildman–Crippen MR) is 83.4 cm³/mol. The van der Waals surface area contributed by atoms with Gasteiger partial charge in [0, 0.05) is 21.1 Å². The number of hydrogen-bond acceptors (Lipinski definition) is 1. The molecule has 0 amide bonds. The van der Waals surface area contributed by atoms with Crippen LogP contribution in [-0.4, -0.2) is 7.05 Å². The maximum Gasteiger partial charge on any atom is 0.124 e. The molecule has 5 heteroatoms. The van der Waals surface area contributed by atoms with E-state index >= 15 is 0 Å². The Kier molecular flexibility index (Phi) is 5.28. The molecule has 1 unspecified atom stereocenters. The molecule has 2 aromatic rings. The van der Waals surface area contributed by atoms with Gasteiger partial charge in [0.15, 0.2) is 0 Å². The zero-order valence-electron chi connectivity index (χ0n) is 10.8. The molecule has 0 fully saturated rings. The molecule has 1 atom stereocenters. The predicted octanol–water partition coefficient (Wildman–Crippen LogP) is 5.29. The first-order valence-corrected chi connectivity index (χ1v) is 7.21. The summed E-state index contributed by atoms with van der Waals surface area (Å²) in [6, 6.07) is 9.72. The van der Waals surface area contributed by atoms with E-state index in [1.807, 2.05) is 13.1 Å². The zero-order chi connectivity index (χ0) is 14.7. The molecule has 0 bridgehead atoms. The van der Waals surface area contributed by atoms with E-state index in [9.17, 15) is 4.39 Å². The maximum atomic E-state index is 13.1. The minimum atomic E-state index is -0.349. The molecule has 2 rings (SSSR count). The van der Waals surface area contributed by atoms with Crippen LogP contribution in [0.1, 0.15) is 17.2 Å². The minimum Gasteiger partial charge on any atom is -0.313 e. The Morgan fingerprint density at radius 1 is 1.05 bits per heavy atom. The Morgan fingerprint density at radius 3 is 2.40 bits per heavy atom. The molecule has 0 aliphatic rings. The fourth-order valence-corrected chi connectivity index (χ4v) is 2.84. The number of nitrogens with one attached hydrogen (secondary N) is 1. The van der Waals surface area contributed by atoms with E-state index < -0.39 is 0 Å². The molecule has 0 saturated heterocycles. The van der Waals surface area contributed by atoms with Gasteiger partial charge in [0.2, 0.25) is 0 Å². The SMILES string of the molecule is CNC(Cc1ccc(Cl)cc1Cl)c1ccc(F)cc1Cl. The summed E-state index contributed by atoms with van der Waals surface area (Å²) in [6.07, 6.45) is 0.637. The van der Waals surface area contributed by atoms with Crippen LogP contribution in [0.15, 0.2) is 36.4 Å². The van der Waals surface area contributed by atoms with Gasteiger partial charge in [-0.05, 0) is 48.9 Å². The molecule has 2 aromatic carbocycles. The number of hydrogen-bond donors (Lipinski definition) is 1. The first-order valence-electron chi connectivity index (χ1n) is 6.07. The molecule has 106 valence electrons. The van der Waals surface area contributed by atoms with Crippen molar-refractivity contribution in [2.45, 2.75) is 12.5 Å². The third-order valence-electron chi connectivity index (χ3n) is 3.13. The maximum absolute atomic E-state index is 13.1. The Bertz CT molecular complexity index is 616. The Balaban J connectivity index is 2.28. The Morgan fingerprint density at radius 2 is 1.80 bits per heavy atom. The van der Waals surface area contributed by atoms with Crippen LogP contribution in [0.3, 0.4) is 0 Å². The number of likely N-dealkylation sites (N-methyl/N-ethyl adjacent to an activating group) is 1. The van der Waals surface area contributed by atoms with Crippen molar-refractivity contribution in [3.05, 3.63) is 68.4 Å². The summed E-state index contributed by atoms with van der Waals surface area (Å²) in [4.78, 5) is 0. The topological polar surface area (TPSA) is 12.0 Å². The first-order chi connectivity index (χ1) is 9.51. The Hall–Kier alpha value is -0.800. The molecular formula is C15H13Cl3FN. The van der Waals surface area contributed by atoms with E-state index in [1.165, 1.54) is 12.1 Å². The van der Waals surface area contributed by atoms with Gasteiger partial charge in [0.25, 0.3) is 0 Å². The van der Waals surface area contributed by atoms with E-state index in [1.54, 1.807) is 18.2 Å². The van der Waals surface area contributed by atoms with Crippen molar-refractivity contribution in [3.8, 4) is 0 Å². The van der Waals surface area contributed by atoms with E-state index in [-0.39, 0.29) is 11.9 Å². The fraction of sp³-hybridized carbons (Fsp3) is 0.200. The molecule has 0 aliphatic carbocycles. The molecule has 0 aromatic heterocycles. The zero-order valence-corrected chi connectivity index (χ0v) is 13.0. The summed E-state index contributed by atoms with van der Waals surface area (Å²) in [6.45, 7) is 0. The summed E-state index contributed by atoms with van der Waals surface area (Å²) in [7, 11) is 1.83. The smallest absolute Gasteiger partial charge is 0.124 e. The van der Waals surface area contributed by atoms with Gasteiger partial charge in [-0.1, -0.05) is 46.9 Å². The van der Waals surface area contributed by atoms with Crippen LogP contribution in [0, 0.1) is 5.82 Å². The van der Waals surface area contributed by atoms with Gasteiger partial charge in [-0.2, -0.15) is 0 Å².